The summed E-state index contributed by atoms with van der Waals surface area (Å²) in [4.78, 5) is 0. The first-order chi connectivity index (χ1) is 5.33. The Hall–Kier alpha value is -1.05. The fraction of sp³-hybridized carbons (Fsp3) is 0.444. The molecular weight excluding hydrogens is 136 g/mol. The van der Waals surface area contributed by atoms with Crippen LogP contribution in [0.5, 0.6) is 0 Å². The minimum absolute atomic E-state index is 0.581. The Morgan fingerprint density at radius 1 is 1.36 bits per heavy atom. The van der Waals surface area contributed by atoms with Crippen molar-refractivity contribution >= 4 is 0 Å². The van der Waals surface area contributed by atoms with Crippen LogP contribution >= 0.6 is 0 Å². The van der Waals surface area contributed by atoms with Crippen LogP contribution in [0.1, 0.15) is 19.8 Å². The van der Waals surface area contributed by atoms with Gasteiger partial charge in [0.1, 0.15) is 0 Å². The van der Waals surface area contributed by atoms with Crippen LogP contribution in [0.4, 0.5) is 0 Å². The van der Waals surface area contributed by atoms with Gasteiger partial charge in [0.2, 0.25) is 0 Å². The number of pyridine rings is 1. The molecule has 1 aromatic heterocycles. The Labute approximate surface area is 67.0 Å². The molecule has 1 heterocycles. The SMILES string of the molecule is CCCCn1ccc(=N)cc1. The van der Waals surface area contributed by atoms with Crippen LogP contribution in [0.15, 0.2) is 24.5 Å². The zero-order chi connectivity index (χ0) is 8.10. The Morgan fingerprint density at radius 2 is 2.00 bits per heavy atom. The van der Waals surface area contributed by atoms with Gasteiger partial charge in [-0.1, -0.05) is 13.3 Å². The van der Waals surface area contributed by atoms with E-state index in [1.165, 1.54) is 12.8 Å². The lowest BCUT2D eigenvalue weighted by atomic mass is 10.3. The van der Waals surface area contributed by atoms with Gasteiger partial charge >= 0.3 is 0 Å². The summed E-state index contributed by atoms with van der Waals surface area (Å²) in [6, 6.07) is 3.63. The van der Waals surface area contributed by atoms with Crippen molar-refractivity contribution in [3.05, 3.63) is 29.9 Å². The molecule has 1 N–H and O–H groups in total. The third kappa shape index (κ3) is 2.58. The van der Waals surface area contributed by atoms with Crippen molar-refractivity contribution in [3.63, 3.8) is 0 Å². The first-order valence-electron chi connectivity index (χ1n) is 4.03. The smallest absolute Gasteiger partial charge is 0.0568 e. The third-order valence-electron chi connectivity index (χ3n) is 1.66. The van der Waals surface area contributed by atoms with Gasteiger partial charge in [-0.3, -0.25) is 0 Å². The quantitative estimate of drug-likeness (QED) is 0.680. The molecule has 0 bridgehead atoms. The highest BCUT2D eigenvalue weighted by Crippen LogP contribution is 1.92. The van der Waals surface area contributed by atoms with E-state index in [2.05, 4.69) is 11.5 Å². The molecular formula is C9H14N2. The van der Waals surface area contributed by atoms with Gasteiger partial charge in [0.25, 0.3) is 0 Å². The summed E-state index contributed by atoms with van der Waals surface area (Å²) in [6.45, 7) is 3.25. The number of nitrogens with one attached hydrogen (secondary N) is 1. The van der Waals surface area contributed by atoms with Gasteiger partial charge in [-0.2, -0.15) is 0 Å². The molecule has 0 spiro atoms. The third-order valence-corrected chi connectivity index (χ3v) is 1.66. The first-order valence-corrected chi connectivity index (χ1v) is 4.03. The molecule has 0 radical (unpaired) electrons. The second-order valence-electron chi connectivity index (χ2n) is 2.68. The van der Waals surface area contributed by atoms with Crippen molar-refractivity contribution in [2.45, 2.75) is 26.3 Å². The van der Waals surface area contributed by atoms with E-state index < -0.39 is 0 Å². The van der Waals surface area contributed by atoms with Gasteiger partial charge in [-0.05, 0) is 18.6 Å². The zero-order valence-electron chi connectivity index (χ0n) is 6.88. The van der Waals surface area contributed by atoms with E-state index in [1.807, 2.05) is 24.5 Å². The van der Waals surface area contributed by atoms with Crippen LogP contribution in [0.25, 0.3) is 0 Å². The lowest BCUT2D eigenvalue weighted by molar-refractivity contribution is 0.627. The fourth-order valence-corrected chi connectivity index (χ4v) is 0.947. The average Bonchev–Trinajstić information content (AvgIpc) is 2.04. The van der Waals surface area contributed by atoms with Gasteiger partial charge in [0.15, 0.2) is 0 Å². The zero-order valence-corrected chi connectivity index (χ0v) is 6.88. The maximum absolute atomic E-state index is 7.26. The van der Waals surface area contributed by atoms with Crippen LogP contribution in [0.2, 0.25) is 0 Å². The van der Waals surface area contributed by atoms with Crippen molar-refractivity contribution in [3.8, 4) is 0 Å². The second-order valence-corrected chi connectivity index (χ2v) is 2.68. The van der Waals surface area contributed by atoms with Crippen LogP contribution in [0.3, 0.4) is 0 Å². The Morgan fingerprint density at radius 3 is 2.55 bits per heavy atom. The number of nitrogens with zero attached hydrogens (tertiary/aromatic N) is 1. The normalized spacial score (nSPS) is 9.91. The molecule has 0 aliphatic carbocycles. The maximum Gasteiger partial charge on any atom is 0.0568 e. The van der Waals surface area contributed by atoms with Gasteiger partial charge < -0.3 is 9.98 Å². The molecule has 0 aromatic carbocycles. The van der Waals surface area contributed by atoms with Crippen molar-refractivity contribution in [2.24, 2.45) is 0 Å². The predicted octanol–water partition coefficient (Wildman–Crippen LogP) is 1.77. The van der Waals surface area contributed by atoms with E-state index in [4.69, 9.17) is 5.41 Å². The van der Waals surface area contributed by atoms with E-state index in [-0.39, 0.29) is 0 Å². The van der Waals surface area contributed by atoms with Gasteiger partial charge in [0, 0.05) is 18.9 Å². The van der Waals surface area contributed by atoms with Crippen molar-refractivity contribution in [1.82, 2.24) is 4.57 Å². The largest absolute Gasteiger partial charge is 0.354 e. The van der Waals surface area contributed by atoms with Crippen molar-refractivity contribution < 1.29 is 0 Å². The molecule has 0 fully saturated rings. The van der Waals surface area contributed by atoms with Gasteiger partial charge in [0.05, 0.1) is 5.36 Å². The topological polar surface area (TPSA) is 28.8 Å². The summed E-state index contributed by atoms with van der Waals surface area (Å²) < 4.78 is 2.11. The minimum Gasteiger partial charge on any atom is -0.354 e. The minimum atomic E-state index is 0.581. The monoisotopic (exact) mass is 150 g/mol. The highest BCUT2D eigenvalue weighted by atomic mass is 14.9. The Balaban J connectivity index is 2.59. The number of rotatable bonds is 3. The molecule has 2 nitrogen and oxygen atoms in total. The molecule has 0 atom stereocenters. The number of hydrogen-bond donors (Lipinski definition) is 1. The molecule has 1 aromatic rings. The van der Waals surface area contributed by atoms with Crippen molar-refractivity contribution in [2.75, 3.05) is 0 Å². The van der Waals surface area contributed by atoms with Crippen LogP contribution in [-0.2, 0) is 6.54 Å². The molecule has 0 amide bonds. The summed E-state index contributed by atoms with van der Waals surface area (Å²) in [5, 5.41) is 7.84. The van der Waals surface area contributed by atoms with E-state index in [0.29, 0.717) is 5.36 Å². The van der Waals surface area contributed by atoms with E-state index >= 15 is 0 Å². The molecule has 2 heteroatoms. The summed E-state index contributed by atoms with van der Waals surface area (Å²) in [6.07, 6.45) is 6.34. The standard InChI is InChI=1S/C9H14N2/c1-2-3-6-11-7-4-9(10)5-8-11/h4-5,7-8,10H,2-3,6H2,1H3. The Kier molecular flexibility index (Phi) is 2.90. The first kappa shape index (κ1) is 8.05. The summed E-state index contributed by atoms with van der Waals surface area (Å²) >= 11 is 0. The molecule has 0 saturated heterocycles. The number of aromatic nitrogens is 1. The fourth-order valence-electron chi connectivity index (χ4n) is 0.947. The number of aryl methyl sites for hydroxylation is 1. The lowest BCUT2D eigenvalue weighted by Crippen LogP contribution is -2.03. The highest BCUT2D eigenvalue weighted by molar-refractivity contribution is 4.90. The molecule has 0 aliphatic rings. The molecule has 11 heavy (non-hydrogen) atoms. The molecule has 0 aliphatic heterocycles. The maximum atomic E-state index is 7.26. The Bertz CT molecular complexity index is 242. The molecule has 0 saturated carbocycles. The molecule has 60 valence electrons. The number of unbranched alkanes of at least 4 members (excludes halogenated alkanes) is 1. The van der Waals surface area contributed by atoms with Gasteiger partial charge in [-0.25, -0.2) is 0 Å². The highest BCUT2D eigenvalue weighted by Gasteiger charge is 1.85. The van der Waals surface area contributed by atoms with E-state index in [1.54, 1.807) is 0 Å². The number of hydrogen-bond acceptors (Lipinski definition) is 1. The molecule has 0 unspecified atom stereocenters. The van der Waals surface area contributed by atoms with Gasteiger partial charge in [-0.15, -0.1) is 0 Å². The lowest BCUT2D eigenvalue weighted by Gasteiger charge is -2.02. The van der Waals surface area contributed by atoms with Crippen LogP contribution in [0, 0.1) is 5.41 Å². The van der Waals surface area contributed by atoms with E-state index in [9.17, 15) is 0 Å². The van der Waals surface area contributed by atoms with Crippen molar-refractivity contribution in [1.29, 1.82) is 5.41 Å². The van der Waals surface area contributed by atoms with Crippen LogP contribution in [-0.4, -0.2) is 4.57 Å². The van der Waals surface area contributed by atoms with Crippen LogP contribution < -0.4 is 5.36 Å². The average molecular weight is 150 g/mol. The predicted molar refractivity (Wildman–Crippen MR) is 45.2 cm³/mol. The summed E-state index contributed by atoms with van der Waals surface area (Å²) in [5.74, 6) is 0. The summed E-state index contributed by atoms with van der Waals surface area (Å²) in [5.41, 5.74) is 0. The van der Waals surface area contributed by atoms with E-state index in [0.717, 1.165) is 6.54 Å². The summed E-state index contributed by atoms with van der Waals surface area (Å²) in [7, 11) is 0. The second kappa shape index (κ2) is 3.96. The molecule has 1 rings (SSSR count).